The number of carboxylic acids is 1. The number of aryl methyl sites for hydroxylation is 1. The summed E-state index contributed by atoms with van der Waals surface area (Å²) in [6.07, 6.45) is 0. The number of hydrogen-bond donors (Lipinski definition) is 1. The summed E-state index contributed by atoms with van der Waals surface area (Å²) in [5.74, 6) is -0.148. The SMILES string of the molecule is Cc1ccc2c(c1-c1cc(C(=O)O)on1)OCCO2. The minimum atomic E-state index is -1.15. The zero-order valence-electron chi connectivity index (χ0n) is 10.2. The Morgan fingerprint density at radius 2 is 2.11 bits per heavy atom. The molecule has 0 unspecified atom stereocenters. The Labute approximate surface area is 108 Å². The van der Waals surface area contributed by atoms with Crippen LogP contribution >= 0.6 is 0 Å². The van der Waals surface area contributed by atoms with Crippen molar-refractivity contribution in [2.45, 2.75) is 6.92 Å². The van der Waals surface area contributed by atoms with E-state index in [0.717, 1.165) is 5.56 Å². The van der Waals surface area contributed by atoms with Crippen LogP contribution in [-0.4, -0.2) is 29.4 Å². The molecule has 1 aromatic carbocycles. The van der Waals surface area contributed by atoms with E-state index in [2.05, 4.69) is 5.16 Å². The van der Waals surface area contributed by atoms with Gasteiger partial charge in [0.2, 0.25) is 5.76 Å². The molecule has 1 aliphatic rings. The quantitative estimate of drug-likeness (QED) is 0.891. The lowest BCUT2D eigenvalue weighted by Gasteiger charge is -2.21. The Hall–Kier alpha value is -2.50. The van der Waals surface area contributed by atoms with E-state index in [1.807, 2.05) is 19.1 Å². The summed E-state index contributed by atoms with van der Waals surface area (Å²) >= 11 is 0. The summed E-state index contributed by atoms with van der Waals surface area (Å²) in [5, 5.41) is 12.6. The molecule has 19 heavy (non-hydrogen) atoms. The third-order valence-corrected chi connectivity index (χ3v) is 2.89. The molecule has 2 heterocycles. The molecule has 0 spiro atoms. The zero-order chi connectivity index (χ0) is 13.4. The number of nitrogens with zero attached hydrogens (tertiary/aromatic N) is 1. The van der Waals surface area contributed by atoms with Gasteiger partial charge in [-0.25, -0.2) is 4.79 Å². The van der Waals surface area contributed by atoms with Gasteiger partial charge in [-0.3, -0.25) is 0 Å². The standard InChI is InChI=1S/C13H11NO5/c1-7-2-3-9-12(18-5-4-17-9)11(7)8-6-10(13(15)16)19-14-8/h2-3,6H,4-5H2,1H3,(H,15,16). The molecule has 1 aromatic heterocycles. The molecule has 0 saturated carbocycles. The number of fused-ring (bicyclic) bond motifs is 1. The number of benzene rings is 1. The minimum Gasteiger partial charge on any atom is -0.486 e. The smallest absolute Gasteiger partial charge is 0.374 e. The van der Waals surface area contributed by atoms with Gasteiger partial charge in [-0.2, -0.15) is 0 Å². The highest BCUT2D eigenvalue weighted by atomic mass is 16.6. The monoisotopic (exact) mass is 261 g/mol. The maximum Gasteiger partial charge on any atom is 0.374 e. The van der Waals surface area contributed by atoms with Crippen LogP contribution in [0.15, 0.2) is 22.7 Å². The molecule has 0 saturated heterocycles. The first-order chi connectivity index (χ1) is 9.16. The molecular weight excluding hydrogens is 250 g/mol. The Morgan fingerprint density at radius 3 is 2.84 bits per heavy atom. The molecule has 0 radical (unpaired) electrons. The molecular formula is C13H11NO5. The summed E-state index contributed by atoms with van der Waals surface area (Å²) in [4.78, 5) is 10.8. The van der Waals surface area contributed by atoms with Gasteiger partial charge in [-0.1, -0.05) is 11.2 Å². The van der Waals surface area contributed by atoms with Gasteiger partial charge in [0, 0.05) is 6.07 Å². The van der Waals surface area contributed by atoms with Gasteiger partial charge in [-0.15, -0.1) is 0 Å². The zero-order valence-corrected chi connectivity index (χ0v) is 10.2. The average molecular weight is 261 g/mol. The number of rotatable bonds is 2. The Morgan fingerprint density at radius 1 is 1.32 bits per heavy atom. The molecule has 6 nitrogen and oxygen atoms in total. The van der Waals surface area contributed by atoms with Crippen molar-refractivity contribution in [3.63, 3.8) is 0 Å². The van der Waals surface area contributed by atoms with Gasteiger partial charge in [0.15, 0.2) is 11.5 Å². The summed E-state index contributed by atoms with van der Waals surface area (Å²) in [6.45, 7) is 2.84. The van der Waals surface area contributed by atoms with E-state index >= 15 is 0 Å². The van der Waals surface area contributed by atoms with Crippen LogP contribution in [0.3, 0.4) is 0 Å². The molecule has 0 fully saturated rings. The summed E-state index contributed by atoms with van der Waals surface area (Å²) < 4.78 is 15.9. The van der Waals surface area contributed by atoms with E-state index in [1.165, 1.54) is 6.07 Å². The molecule has 3 rings (SSSR count). The first kappa shape index (κ1) is 11.6. The molecule has 1 N–H and O–H groups in total. The molecule has 0 bridgehead atoms. The first-order valence-corrected chi connectivity index (χ1v) is 5.76. The van der Waals surface area contributed by atoms with Crippen LogP contribution < -0.4 is 9.47 Å². The average Bonchev–Trinajstić information content (AvgIpc) is 2.88. The number of carbonyl (C=O) groups is 1. The van der Waals surface area contributed by atoms with Crippen LogP contribution in [0.2, 0.25) is 0 Å². The third-order valence-electron chi connectivity index (χ3n) is 2.89. The second kappa shape index (κ2) is 4.31. The highest BCUT2D eigenvalue weighted by Gasteiger charge is 2.22. The fraction of sp³-hybridized carbons (Fsp3) is 0.231. The van der Waals surface area contributed by atoms with Crippen molar-refractivity contribution in [2.24, 2.45) is 0 Å². The van der Waals surface area contributed by atoms with E-state index in [-0.39, 0.29) is 5.76 Å². The molecule has 0 aliphatic carbocycles. The van der Waals surface area contributed by atoms with Gasteiger partial charge in [0.05, 0.1) is 5.56 Å². The largest absolute Gasteiger partial charge is 0.486 e. The lowest BCUT2D eigenvalue weighted by Crippen LogP contribution is -2.16. The summed E-state index contributed by atoms with van der Waals surface area (Å²) in [6, 6.07) is 5.08. The predicted molar refractivity (Wildman–Crippen MR) is 64.6 cm³/mol. The molecule has 2 aromatic rings. The maximum atomic E-state index is 10.8. The van der Waals surface area contributed by atoms with Gasteiger partial charge < -0.3 is 19.1 Å². The Kier molecular flexibility index (Phi) is 2.63. The second-order valence-electron chi connectivity index (χ2n) is 4.16. The van der Waals surface area contributed by atoms with Crippen molar-refractivity contribution in [3.8, 4) is 22.8 Å². The van der Waals surface area contributed by atoms with Crippen molar-refractivity contribution in [1.29, 1.82) is 0 Å². The van der Waals surface area contributed by atoms with Crippen LogP contribution in [0.4, 0.5) is 0 Å². The van der Waals surface area contributed by atoms with Crippen LogP contribution in [0.1, 0.15) is 16.1 Å². The Bertz CT molecular complexity index is 646. The topological polar surface area (TPSA) is 81.8 Å². The van der Waals surface area contributed by atoms with Gasteiger partial charge >= 0.3 is 5.97 Å². The minimum absolute atomic E-state index is 0.205. The van der Waals surface area contributed by atoms with E-state index in [1.54, 1.807) is 0 Å². The second-order valence-corrected chi connectivity index (χ2v) is 4.16. The van der Waals surface area contributed by atoms with Crippen molar-refractivity contribution in [2.75, 3.05) is 13.2 Å². The van der Waals surface area contributed by atoms with Crippen molar-refractivity contribution < 1.29 is 23.9 Å². The number of aromatic nitrogens is 1. The van der Waals surface area contributed by atoms with Gasteiger partial charge in [0.25, 0.3) is 0 Å². The number of hydrogen-bond acceptors (Lipinski definition) is 5. The van der Waals surface area contributed by atoms with Crippen LogP contribution in [0, 0.1) is 6.92 Å². The molecule has 0 atom stereocenters. The number of aromatic carboxylic acids is 1. The van der Waals surface area contributed by atoms with E-state index in [4.69, 9.17) is 19.1 Å². The molecule has 6 heteroatoms. The van der Waals surface area contributed by atoms with Crippen LogP contribution in [-0.2, 0) is 0 Å². The molecule has 0 amide bonds. The molecule has 1 aliphatic heterocycles. The van der Waals surface area contributed by atoms with Crippen molar-refractivity contribution in [3.05, 3.63) is 29.5 Å². The van der Waals surface area contributed by atoms with Crippen LogP contribution in [0.5, 0.6) is 11.5 Å². The number of carboxylic acid groups (broad SMARTS) is 1. The van der Waals surface area contributed by atoms with Crippen LogP contribution in [0.25, 0.3) is 11.3 Å². The highest BCUT2D eigenvalue weighted by Crippen LogP contribution is 2.41. The highest BCUT2D eigenvalue weighted by molar-refractivity contribution is 5.86. The number of ether oxygens (including phenoxy) is 2. The maximum absolute atomic E-state index is 10.8. The van der Waals surface area contributed by atoms with Crippen molar-refractivity contribution in [1.82, 2.24) is 5.16 Å². The predicted octanol–water partition coefficient (Wildman–Crippen LogP) is 2.12. The van der Waals surface area contributed by atoms with Gasteiger partial charge in [0.1, 0.15) is 18.9 Å². The summed E-state index contributed by atoms with van der Waals surface area (Å²) in [7, 11) is 0. The lowest BCUT2D eigenvalue weighted by molar-refractivity contribution is 0.0652. The summed E-state index contributed by atoms with van der Waals surface area (Å²) in [5.41, 5.74) is 2.04. The van der Waals surface area contributed by atoms with E-state index < -0.39 is 5.97 Å². The lowest BCUT2D eigenvalue weighted by atomic mass is 10.0. The van der Waals surface area contributed by atoms with Gasteiger partial charge in [-0.05, 0) is 18.6 Å². The normalized spacial score (nSPS) is 13.3. The molecule has 98 valence electrons. The third kappa shape index (κ3) is 1.91. The van der Waals surface area contributed by atoms with E-state index in [9.17, 15) is 4.79 Å². The fourth-order valence-electron chi connectivity index (χ4n) is 2.03. The fourth-order valence-corrected chi connectivity index (χ4v) is 2.03. The Balaban J connectivity index is 2.15. The van der Waals surface area contributed by atoms with E-state index in [0.29, 0.717) is 36.0 Å². The first-order valence-electron chi connectivity index (χ1n) is 5.76. The van der Waals surface area contributed by atoms with Crippen molar-refractivity contribution >= 4 is 5.97 Å².